The molecule has 0 radical (unpaired) electrons. The summed E-state index contributed by atoms with van der Waals surface area (Å²) in [6.07, 6.45) is 0. The first kappa shape index (κ1) is 15.3. The summed E-state index contributed by atoms with van der Waals surface area (Å²) in [4.78, 5) is 2.18. The van der Waals surface area contributed by atoms with E-state index in [1.54, 1.807) is 18.3 Å². The second kappa shape index (κ2) is 6.11. The lowest BCUT2D eigenvalue weighted by atomic mass is 10.0. The van der Waals surface area contributed by atoms with Crippen molar-refractivity contribution in [3.05, 3.63) is 29.8 Å². The predicted octanol–water partition coefficient (Wildman–Crippen LogP) is 1.33. The zero-order valence-electron chi connectivity index (χ0n) is 12.2. The SMILES string of the molecule is CCS(=O)(=O)N1CCN(C)C(c2ccccc2OC)C1. The van der Waals surface area contributed by atoms with Crippen molar-refractivity contribution < 1.29 is 13.2 Å². The largest absolute Gasteiger partial charge is 0.496 e. The molecule has 112 valence electrons. The Balaban J connectivity index is 2.30. The van der Waals surface area contributed by atoms with E-state index in [0.29, 0.717) is 13.1 Å². The van der Waals surface area contributed by atoms with E-state index < -0.39 is 10.0 Å². The van der Waals surface area contributed by atoms with Gasteiger partial charge in [-0.25, -0.2) is 8.42 Å². The van der Waals surface area contributed by atoms with Crippen molar-refractivity contribution in [1.82, 2.24) is 9.21 Å². The fraction of sp³-hybridized carbons (Fsp3) is 0.571. The molecular weight excluding hydrogens is 276 g/mol. The molecule has 20 heavy (non-hydrogen) atoms. The van der Waals surface area contributed by atoms with E-state index in [0.717, 1.165) is 17.9 Å². The van der Waals surface area contributed by atoms with Gasteiger partial charge in [-0.2, -0.15) is 4.31 Å². The molecule has 0 aliphatic carbocycles. The van der Waals surface area contributed by atoms with Crippen LogP contribution in [-0.2, 0) is 10.0 Å². The lowest BCUT2D eigenvalue weighted by Gasteiger charge is -2.39. The molecular formula is C14H22N2O3S. The van der Waals surface area contributed by atoms with E-state index in [4.69, 9.17) is 4.74 Å². The number of likely N-dealkylation sites (N-methyl/N-ethyl adjacent to an activating group) is 1. The summed E-state index contributed by atoms with van der Waals surface area (Å²) in [7, 11) is 0.523. The minimum atomic E-state index is -3.14. The number of sulfonamides is 1. The molecule has 1 aromatic rings. The van der Waals surface area contributed by atoms with Crippen molar-refractivity contribution in [2.24, 2.45) is 0 Å². The van der Waals surface area contributed by atoms with Gasteiger partial charge in [-0.3, -0.25) is 4.90 Å². The van der Waals surface area contributed by atoms with Crippen LogP contribution < -0.4 is 4.74 Å². The van der Waals surface area contributed by atoms with Crippen LogP contribution in [0, 0.1) is 0 Å². The van der Waals surface area contributed by atoms with Crippen LogP contribution in [0.2, 0.25) is 0 Å². The van der Waals surface area contributed by atoms with E-state index in [1.165, 1.54) is 0 Å². The topological polar surface area (TPSA) is 49.9 Å². The number of para-hydroxylation sites is 1. The van der Waals surface area contributed by atoms with Gasteiger partial charge in [0.05, 0.1) is 18.9 Å². The van der Waals surface area contributed by atoms with Gasteiger partial charge in [0.15, 0.2) is 0 Å². The molecule has 1 unspecified atom stereocenters. The van der Waals surface area contributed by atoms with Gasteiger partial charge in [0, 0.05) is 25.2 Å². The lowest BCUT2D eigenvalue weighted by Crippen LogP contribution is -2.49. The Morgan fingerprint density at radius 3 is 2.65 bits per heavy atom. The van der Waals surface area contributed by atoms with Gasteiger partial charge in [-0.1, -0.05) is 18.2 Å². The molecule has 1 fully saturated rings. The molecule has 1 aliphatic heterocycles. The van der Waals surface area contributed by atoms with Gasteiger partial charge >= 0.3 is 0 Å². The van der Waals surface area contributed by atoms with Gasteiger partial charge in [-0.15, -0.1) is 0 Å². The maximum absolute atomic E-state index is 12.1. The van der Waals surface area contributed by atoms with Crippen LogP contribution in [0.5, 0.6) is 5.75 Å². The van der Waals surface area contributed by atoms with Crippen molar-refractivity contribution in [3.63, 3.8) is 0 Å². The molecule has 0 N–H and O–H groups in total. The first-order valence-corrected chi connectivity index (χ1v) is 8.41. The summed E-state index contributed by atoms with van der Waals surface area (Å²) in [5.74, 6) is 0.954. The highest BCUT2D eigenvalue weighted by Crippen LogP contribution is 2.31. The number of methoxy groups -OCH3 is 1. The van der Waals surface area contributed by atoms with Crippen LogP contribution in [0.3, 0.4) is 0 Å². The fourth-order valence-electron chi connectivity index (χ4n) is 2.56. The third-order valence-corrected chi connectivity index (χ3v) is 5.71. The van der Waals surface area contributed by atoms with Crippen LogP contribution in [0.25, 0.3) is 0 Å². The molecule has 1 saturated heterocycles. The second-order valence-electron chi connectivity index (χ2n) is 5.00. The van der Waals surface area contributed by atoms with E-state index in [1.807, 2.05) is 31.3 Å². The van der Waals surface area contributed by atoms with E-state index in [2.05, 4.69) is 4.90 Å². The summed E-state index contributed by atoms with van der Waals surface area (Å²) < 4.78 is 31.1. The zero-order chi connectivity index (χ0) is 14.8. The summed E-state index contributed by atoms with van der Waals surface area (Å²) >= 11 is 0. The Labute approximate surface area is 121 Å². The number of hydrogen-bond donors (Lipinski definition) is 0. The van der Waals surface area contributed by atoms with Gasteiger partial charge in [0.25, 0.3) is 0 Å². The Bertz CT molecular complexity index is 559. The predicted molar refractivity (Wildman–Crippen MR) is 79.4 cm³/mol. The molecule has 2 rings (SSSR count). The molecule has 1 atom stereocenters. The molecule has 5 nitrogen and oxygen atoms in total. The van der Waals surface area contributed by atoms with Crippen LogP contribution in [0.15, 0.2) is 24.3 Å². The molecule has 6 heteroatoms. The summed E-state index contributed by atoms with van der Waals surface area (Å²) in [6, 6.07) is 7.82. The van der Waals surface area contributed by atoms with Crippen molar-refractivity contribution in [3.8, 4) is 5.75 Å². The average molecular weight is 298 g/mol. The van der Waals surface area contributed by atoms with Crippen molar-refractivity contribution >= 4 is 10.0 Å². The second-order valence-corrected chi connectivity index (χ2v) is 7.25. The fourth-order valence-corrected chi connectivity index (χ4v) is 3.65. The number of rotatable bonds is 4. The molecule has 0 spiro atoms. The number of benzene rings is 1. The van der Waals surface area contributed by atoms with Crippen LogP contribution in [-0.4, -0.2) is 57.2 Å². The Hall–Kier alpha value is -1.11. The monoisotopic (exact) mass is 298 g/mol. The maximum Gasteiger partial charge on any atom is 0.213 e. The standard InChI is InChI=1S/C14H22N2O3S/c1-4-20(17,18)16-10-9-15(2)13(11-16)12-7-5-6-8-14(12)19-3/h5-8,13H,4,9-11H2,1-3H3. The van der Waals surface area contributed by atoms with Crippen LogP contribution in [0.4, 0.5) is 0 Å². The number of hydrogen-bond acceptors (Lipinski definition) is 4. The smallest absolute Gasteiger partial charge is 0.213 e. The molecule has 1 heterocycles. The molecule has 0 bridgehead atoms. The highest BCUT2D eigenvalue weighted by molar-refractivity contribution is 7.89. The highest BCUT2D eigenvalue weighted by Gasteiger charge is 2.32. The summed E-state index contributed by atoms with van der Waals surface area (Å²) in [5.41, 5.74) is 1.04. The quantitative estimate of drug-likeness (QED) is 0.841. The lowest BCUT2D eigenvalue weighted by molar-refractivity contribution is 0.146. The van der Waals surface area contributed by atoms with Crippen molar-refractivity contribution in [1.29, 1.82) is 0 Å². The zero-order valence-corrected chi connectivity index (χ0v) is 13.1. The van der Waals surface area contributed by atoms with Gasteiger partial charge < -0.3 is 4.74 Å². The number of piperazine rings is 1. The van der Waals surface area contributed by atoms with Crippen molar-refractivity contribution in [2.75, 3.05) is 39.5 Å². The summed E-state index contributed by atoms with van der Waals surface area (Å²) in [6.45, 7) is 3.44. The highest BCUT2D eigenvalue weighted by atomic mass is 32.2. The Kier molecular flexibility index (Phi) is 4.67. The molecule has 1 aliphatic rings. The van der Waals surface area contributed by atoms with Gasteiger partial charge in [-0.05, 0) is 20.0 Å². The van der Waals surface area contributed by atoms with E-state index in [9.17, 15) is 8.42 Å². The first-order valence-electron chi connectivity index (χ1n) is 6.80. The minimum absolute atomic E-state index is 0.0289. The van der Waals surface area contributed by atoms with Crippen molar-refractivity contribution in [2.45, 2.75) is 13.0 Å². The molecule has 1 aromatic carbocycles. The van der Waals surface area contributed by atoms with Crippen LogP contribution in [0.1, 0.15) is 18.5 Å². The Morgan fingerprint density at radius 2 is 2.00 bits per heavy atom. The molecule has 0 amide bonds. The van der Waals surface area contributed by atoms with E-state index in [-0.39, 0.29) is 11.8 Å². The van der Waals surface area contributed by atoms with Crippen LogP contribution >= 0.6 is 0 Å². The molecule has 0 aromatic heterocycles. The third-order valence-electron chi connectivity index (χ3n) is 3.87. The minimum Gasteiger partial charge on any atom is -0.496 e. The molecule has 0 saturated carbocycles. The third kappa shape index (κ3) is 2.97. The Morgan fingerprint density at radius 1 is 1.30 bits per heavy atom. The first-order chi connectivity index (χ1) is 9.49. The normalized spacial score (nSPS) is 21.9. The maximum atomic E-state index is 12.1. The van der Waals surface area contributed by atoms with Gasteiger partial charge in [0.1, 0.15) is 5.75 Å². The summed E-state index contributed by atoms with van der Waals surface area (Å²) in [5, 5.41) is 0. The number of ether oxygens (including phenoxy) is 1. The number of nitrogens with zero attached hydrogens (tertiary/aromatic N) is 2. The van der Waals surface area contributed by atoms with Gasteiger partial charge in [0.2, 0.25) is 10.0 Å². The average Bonchev–Trinajstić information content (AvgIpc) is 2.47. The van der Waals surface area contributed by atoms with E-state index >= 15 is 0 Å².